The summed E-state index contributed by atoms with van der Waals surface area (Å²) in [6, 6.07) is 4.88. The molecule has 28 heavy (non-hydrogen) atoms. The average molecular weight is 387 g/mol. The lowest BCUT2D eigenvalue weighted by molar-refractivity contribution is -0.661. The normalized spacial score (nSPS) is 12.0. The first-order chi connectivity index (χ1) is 13.2. The number of fused-ring (bicyclic) bond motifs is 1. The molecule has 2 heterocycles. The minimum absolute atomic E-state index is 0.0480. The molecule has 0 spiro atoms. The van der Waals surface area contributed by atoms with E-state index in [1.54, 1.807) is 19.2 Å². The van der Waals surface area contributed by atoms with Gasteiger partial charge in [0.25, 0.3) is 17.4 Å². The van der Waals surface area contributed by atoms with Crippen LogP contribution in [0.25, 0.3) is 11.2 Å². The molecule has 0 saturated carbocycles. The van der Waals surface area contributed by atoms with Gasteiger partial charge in [0.1, 0.15) is 11.8 Å². The summed E-state index contributed by atoms with van der Waals surface area (Å²) in [5.41, 5.74) is 6.21. The number of nitrogen functional groups attached to an aromatic ring is 1. The molecule has 11 nitrogen and oxygen atoms in total. The second-order valence-corrected chi connectivity index (χ2v) is 6.31. The number of nitrogens with zero attached hydrogens (tertiary/aromatic N) is 3. The Bertz CT molecular complexity index is 1100. The van der Waals surface area contributed by atoms with Crippen LogP contribution in [0.15, 0.2) is 35.4 Å². The maximum Gasteiger partial charge on any atom is 0.326 e. The fourth-order valence-corrected chi connectivity index (χ4v) is 2.89. The number of carboxylic acids is 1. The summed E-state index contributed by atoms with van der Waals surface area (Å²) in [5.74, 6) is -1.78. The lowest BCUT2D eigenvalue weighted by Gasteiger charge is -2.14. The first kappa shape index (κ1) is 18.9. The molecular weight excluding hydrogens is 368 g/mol. The van der Waals surface area contributed by atoms with Crippen LogP contribution in [0.2, 0.25) is 0 Å². The smallest absolute Gasteiger partial charge is 0.326 e. The van der Waals surface area contributed by atoms with Gasteiger partial charge in [-0.2, -0.15) is 0 Å². The highest BCUT2D eigenvalue weighted by Gasteiger charge is 2.24. The first-order valence-electron chi connectivity index (χ1n) is 8.29. The maximum absolute atomic E-state index is 12.4. The van der Waals surface area contributed by atoms with Crippen LogP contribution in [0, 0.1) is 0 Å². The second kappa shape index (κ2) is 7.39. The summed E-state index contributed by atoms with van der Waals surface area (Å²) in [6.07, 6.45) is 1.55. The lowest BCUT2D eigenvalue weighted by Crippen LogP contribution is -2.49. The number of imidazole rings is 1. The molecule has 146 valence electrons. The van der Waals surface area contributed by atoms with E-state index >= 15 is 0 Å². The van der Waals surface area contributed by atoms with Crippen molar-refractivity contribution in [3.05, 3.63) is 46.5 Å². The number of rotatable bonds is 6. The number of carbonyl (C=O) groups excluding carboxylic acids is 1. The number of carboxylic acid groups (broad SMARTS) is 1. The molecule has 0 aliphatic carbocycles. The number of anilines is 1. The standard InChI is InChI=1S/C17H18N6O5/c1-22-8-23(14-13(22)15(26)21-17(18)20-14)7-12(25)19-11(16(27)28)6-9-2-4-10(24)5-3-9/h2-5,8,11H,6-7H2,1H3,(H5-,18,19,20,21,24,25,26,27,28)/p+1/t11-/m0/s1. The van der Waals surface area contributed by atoms with Gasteiger partial charge in [-0.05, 0) is 17.7 Å². The van der Waals surface area contributed by atoms with Gasteiger partial charge < -0.3 is 21.3 Å². The monoisotopic (exact) mass is 387 g/mol. The molecule has 0 radical (unpaired) electrons. The summed E-state index contributed by atoms with van der Waals surface area (Å²) in [4.78, 5) is 42.4. The summed E-state index contributed by atoms with van der Waals surface area (Å²) >= 11 is 0. The van der Waals surface area contributed by atoms with Gasteiger partial charge in [-0.25, -0.2) is 9.36 Å². The predicted octanol–water partition coefficient (Wildman–Crippen LogP) is -1.35. The lowest BCUT2D eigenvalue weighted by atomic mass is 10.1. The van der Waals surface area contributed by atoms with Crippen LogP contribution in [-0.4, -0.2) is 42.7 Å². The third-order valence-corrected chi connectivity index (χ3v) is 4.16. The van der Waals surface area contributed by atoms with Crippen molar-refractivity contribution in [1.29, 1.82) is 0 Å². The molecule has 6 N–H and O–H groups in total. The molecule has 0 fully saturated rings. The van der Waals surface area contributed by atoms with E-state index in [4.69, 9.17) is 5.73 Å². The number of nitrogens with two attached hydrogens (primary N) is 1. The molecule has 0 unspecified atom stereocenters. The number of phenolic OH excluding ortho intramolecular Hbond substituents is 1. The number of carbonyl (C=O) groups is 2. The highest BCUT2D eigenvalue weighted by atomic mass is 16.4. The van der Waals surface area contributed by atoms with E-state index in [1.807, 2.05) is 0 Å². The van der Waals surface area contributed by atoms with Crippen LogP contribution in [-0.2, 0) is 29.6 Å². The van der Waals surface area contributed by atoms with Gasteiger partial charge in [-0.1, -0.05) is 17.1 Å². The molecular formula is C17H19N6O5+. The van der Waals surface area contributed by atoms with Crippen molar-refractivity contribution >= 4 is 29.0 Å². The van der Waals surface area contributed by atoms with Crippen molar-refractivity contribution in [2.45, 2.75) is 19.0 Å². The molecule has 11 heteroatoms. The molecule has 3 aromatic rings. The molecule has 0 aliphatic rings. The third-order valence-electron chi connectivity index (χ3n) is 4.16. The minimum atomic E-state index is -1.19. The number of nitrogens with one attached hydrogen (secondary N) is 2. The zero-order valence-electron chi connectivity index (χ0n) is 14.9. The van der Waals surface area contributed by atoms with Crippen molar-refractivity contribution in [3.8, 4) is 5.75 Å². The Labute approximate surface area is 158 Å². The fraction of sp³-hybridized carbons (Fsp3) is 0.235. The molecule has 2 aromatic heterocycles. The number of H-pyrrole nitrogens is 1. The van der Waals surface area contributed by atoms with Crippen LogP contribution < -0.4 is 21.2 Å². The Hall–Kier alpha value is -3.89. The van der Waals surface area contributed by atoms with Crippen LogP contribution in [0.1, 0.15) is 5.56 Å². The van der Waals surface area contributed by atoms with Crippen LogP contribution in [0.5, 0.6) is 5.75 Å². The van der Waals surface area contributed by atoms with Crippen LogP contribution in [0.4, 0.5) is 5.95 Å². The SMILES string of the molecule is Cn1c[n+](CC(=O)N[C@@H](Cc2ccc(O)cc2)C(=O)O)c2nc(N)[nH]c(=O)c21. The van der Waals surface area contributed by atoms with Gasteiger partial charge in [0.05, 0.1) is 7.05 Å². The van der Waals surface area contributed by atoms with Gasteiger partial charge in [0, 0.05) is 6.42 Å². The van der Waals surface area contributed by atoms with Gasteiger partial charge in [-0.3, -0.25) is 19.1 Å². The number of aromatic amines is 1. The molecule has 1 amide bonds. The number of amides is 1. The fourth-order valence-electron chi connectivity index (χ4n) is 2.89. The van der Waals surface area contributed by atoms with Crippen molar-refractivity contribution in [3.63, 3.8) is 0 Å². The summed E-state index contributed by atoms with van der Waals surface area (Å²) < 4.78 is 2.91. The van der Waals surface area contributed by atoms with E-state index < -0.39 is 23.5 Å². The Kier molecular flexibility index (Phi) is 4.98. The van der Waals surface area contributed by atoms with E-state index in [1.165, 1.54) is 27.6 Å². The van der Waals surface area contributed by atoms with E-state index in [2.05, 4.69) is 15.3 Å². The molecule has 1 atom stereocenters. The predicted molar refractivity (Wildman–Crippen MR) is 97.3 cm³/mol. The second-order valence-electron chi connectivity index (χ2n) is 6.31. The Balaban J connectivity index is 1.78. The molecule has 3 rings (SSSR count). The van der Waals surface area contributed by atoms with Crippen molar-refractivity contribution in [2.24, 2.45) is 7.05 Å². The zero-order chi connectivity index (χ0) is 20.4. The number of aliphatic carboxylic acids is 1. The largest absolute Gasteiger partial charge is 0.508 e. The summed E-state index contributed by atoms with van der Waals surface area (Å²) in [5, 5.41) is 21.2. The highest BCUT2D eigenvalue weighted by molar-refractivity contribution is 5.83. The quantitative estimate of drug-likeness (QED) is 0.326. The maximum atomic E-state index is 12.4. The number of benzene rings is 1. The van der Waals surface area contributed by atoms with Crippen molar-refractivity contribution < 1.29 is 24.4 Å². The number of phenols is 1. The third kappa shape index (κ3) is 3.92. The molecule has 0 bridgehead atoms. The first-order valence-corrected chi connectivity index (χ1v) is 8.29. The zero-order valence-corrected chi connectivity index (χ0v) is 14.9. The van der Waals surface area contributed by atoms with Gasteiger partial charge >= 0.3 is 11.6 Å². The number of aryl methyl sites for hydroxylation is 1. The number of aromatic hydroxyl groups is 1. The van der Waals surface area contributed by atoms with E-state index in [0.29, 0.717) is 5.56 Å². The van der Waals surface area contributed by atoms with Gasteiger partial charge in [0.2, 0.25) is 5.52 Å². The van der Waals surface area contributed by atoms with E-state index in [-0.39, 0.29) is 35.8 Å². The van der Waals surface area contributed by atoms with Gasteiger partial charge in [0.15, 0.2) is 12.9 Å². The molecule has 0 aliphatic heterocycles. The topological polar surface area (TPSA) is 167 Å². The summed E-state index contributed by atoms with van der Waals surface area (Å²) in [7, 11) is 1.62. The van der Waals surface area contributed by atoms with Gasteiger partial charge in [-0.15, -0.1) is 0 Å². The highest BCUT2D eigenvalue weighted by Crippen LogP contribution is 2.11. The Morgan fingerprint density at radius 3 is 2.68 bits per heavy atom. The number of hydrogen-bond donors (Lipinski definition) is 5. The number of aromatic nitrogens is 4. The average Bonchev–Trinajstić information content (AvgIpc) is 2.91. The molecule has 1 aromatic carbocycles. The Morgan fingerprint density at radius 2 is 2.04 bits per heavy atom. The van der Waals surface area contributed by atoms with E-state index in [9.17, 15) is 24.6 Å². The van der Waals surface area contributed by atoms with Crippen LogP contribution in [0.3, 0.4) is 0 Å². The number of hydrogen-bond acceptors (Lipinski definition) is 6. The minimum Gasteiger partial charge on any atom is -0.508 e. The molecule has 0 saturated heterocycles. The van der Waals surface area contributed by atoms with Crippen molar-refractivity contribution in [2.75, 3.05) is 5.73 Å². The Morgan fingerprint density at radius 1 is 1.36 bits per heavy atom. The van der Waals surface area contributed by atoms with Crippen molar-refractivity contribution in [1.82, 2.24) is 19.9 Å². The summed E-state index contributed by atoms with van der Waals surface area (Å²) in [6.45, 7) is -0.243. The van der Waals surface area contributed by atoms with Crippen LogP contribution >= 0.6 is 0 Å². The van der Waals surface area contributed by atoms with E-state index in [0.717, 1.165) is 0 Å².